The lowest BCUT2D eigenvalue weighted by Crippen LogP contribution is -2.60. The highest BCUT2D eigenvalue weighted by molar-refractivity contribution is 6.17. The zero-order valence-electron chi connectivity index (χ0n) is 13.9. The Balaban J connectivity index is 2.06. The van der Waals surface area contributed by atoms with Crippen molar-refractivity contribution in [3.8, 4) is 0 Å². The van der Waals surface area contributed by atoms with E-state index >= 15 is 0 Å². The molecular formula is C17H18F2N2O4. The molecule has 1 saturated heterocycles. The third kappa shape index (κ3) is 2.57. The molecule has 25 heavy (non-hydrogen) atoms. The minimum Gasteiger partial charge on any atom is -0.509 e. The van der Waals surface area contributed by atoms with Gasteiger partial charge in [0.25, 0.3) is 5.91 Å². The molecule has 1 amide bonds. The van der Waals surface area contributed by atoms with Crippen molar-refractivity contribution >= 4 is 11.9 Å². The molecule has 0 bridgehead atoms. The van der Waals surface area contributed by atoms with Crippen molar-refractivity contribution < 1.29 is 28.2 Å². The first-order valence-corrected chi connectivity index (χ1v) is 7.85. The minimum atomic E-state index is -1.05. The molecular weight excluding hydrogens is 334 g/mol. The number of hydrogen-bond acceptors (Lipinski definition) is 5. The van der Waals surface area contributed by atoms with Crippen LogP contribution in [0.4, 0.5) is 8.78 Å². The summed E-state index contributed by atoms with van der Waals surface area (Å²) in [5, 5.41) is 13.3. The van der Waals surface area contributed by atoms with Crippen LogP contribution in [0.5, 0.6) is 0 Å². The van der Waals surface area contributed by atoms with Crippen LogP contribution in [-0.4, -0.2) is 46.2 Å². The number of hydrogen-bond donors (Lipinski definition) is 1. The van der Waals surface area contributed by atoms with Crippen molar-refractivity contribution in [3.05, 3.63) is 46.7 Å². The van der Waals surface area contributed by atoms with Gasteiger partial charge in [0.05, 0.1) is 19.2 Å². The second-order valence-corrected chi connectivity index (χ2v) is 6.29. The molecule has 8 heteroatoms. The fourth-order valence-corrected chi connectivity index (χ4v) is 3.46. The van der Waals surface area contributed by atoms with Crippen molar-refractivity contribution in [1.82, 2.24) is 10.0 Å². The van der Waals surface area contributed by atoms with Gasteiger partial charge in [-0.05, 0) is 25.8 Å². The molecule has 2 aliphatic heterocycles. The van der Waals surface area contributed by atoms with Gasteiger partial charge in [0.2, 0.25) is 0 Å². The summed E-state index contributed by atoms with van der Waals surface area (Å²) >= 11 is 0. The van der Waals surface area contributed by atoms with E-state index in [2.05, 4.69) is 4.74 Å². The lowest BCUT2D eigenvalue weighted by Gasteiger charge is -2.46. The number of ether oxygens (including phenoxy) is 1. The number of halogens is 2. The highest BCUT2D eigenvalue weighted by atomic mass is 19.2. The van der Waals surface area contributed by atoms with Crippen LogP contribution in [0.15, 0.2) is 29.5 Å². The summed E-state index contributed by atoms with van der Waals surface area (Å²) in [6.45, 7) is 1.88. The molecule has 134 valence electrons. The van der Waals surface area contributed by atoms with Crippen molar-refractivity contribution in [2.24, 2.45) is 0 Å². The zero-order valence-corrected chi connectivity index (χ0v) is 13.9. The second-order valence-electron chi connectivity index (χ2n) is 6.29. The van der Waals surface area contributed by atoms with Gasteiger partial charge in [-0.3, -0.25) is 9.80 Å². The number of esters is 1. The van der Waals surface area contributed by atoms with E-state index in [1.807, 2.05) is 0 Å². The maximum Gasteiger partial charge on any atom is 0.347 e. The molecule has 1 N–H and O–H groups in total. The van der Waals surface area contributed by atoms with E-state index in [1.165, 1.54) is 17.1 Å². The molecule has 2 heterocycles. The Morgan fingerprint density at radius 3 is 2.80 bits per heavy atom. The predicted octanol–water partition coefficient (Wildman–Crippen LogP) is 2.06. The first-order valence-electron chi connectivity index (χ1n) is 7.85. The summed E-state index contributed by atoms with van der Waals surface area (Å²) in [6.07, 6.45) is 1.18. The molecule has 6 nitrogen and oxygen atoms in total. The fourth-order valence-electron chi connectivity index (χ4n) is 3.46. The Kier molecular flexibility index (Phi) is 4.24. The van der Waals surface area contributed by atoms with Gasteiger partial charge in [-0.25, -0.2) is 18.6 Å². The molecule has 0 spiro atoms. The van der Waals surface area contributed by atoms with E-state index < -0.39 is 34.6 Å². The smallest absolute Gasteiger partial charge is 0.347 e. The third-order valence-electron chi connectivity index (χ3n) is 4.83. The molecule has 1 unspecified atom stereocenters. The standard InChI is InChI=1S/C17H18F2N2O4/c1-17-7-4-8-21(17)20(9-10-5-3-6-11(18)13(10)19)15(23)12(14(17)22)16(24)25-2/h3,5-6,22H,4,7-9H2,1-2H3. The fraction of sp³-hybridized carbons (Fsp3) is 0.412. The van der Waals surface area contributed by atoms with Crippen LogP contribution in [0.3, 0.4) is 0 Å². The van der Waals surface area contributed by atoms with Gasteiger partial charge in [-0.2, -0.15) is 0 Å². The van der Waals surface area contributed by atoms with Gasteiger partial charge in [0.1, 0.15) is 5.76 Å². The Hall–Kier alpha value is -2.48. The number of nitrogens with zero attached hydrogens (tertiary/aromatic N) is 2. The topological polar surface area (TPSA) is 70.1 Å². The molecule has 3 rings (SSSR count). The van der Waals surface area contributed by atoms with Crippen LogP contribution in [0.2, 0.25) is 0 Å². The summed E-state index contributed by atoms with van der Waals surface area (Å²) < 4.78 is 32.1. The Bertz CT molecular complexity index is 780. The van der Waals surface area contributed by atoms with Crippen molar-refractivity contribution in [2.75, 3.05) is 13.7 Å². The van der Waals surface area contributed by atoms with Crippen LogP contribution in [0, 0.1) is 11.6 Å². The number of carbonyl (C=O) groups excluding carboxylic acids is 2. The van der Waals surface area contributed by atoms with Gasteiger partial charge < -0.3 is 9.84 Å². The Morgan fingerprint density at radius 2 is 2.12 bits per heavy atom. The van der Waals surface area contributed by atoms with Crippen LogP contribution in [0.1, 0.15) is 25.3 Å². The third-order valence-corrected chi connectivity index (χ3v) is 4.83. The molecule has 1 aromatic rings. The maximum atomic E-state index is 14.0. The van der Waals surface area contributed by atoms with E-state index in [0.717, 1.165) is 13.2 Å². The number of amides is 1. The van der Waals surface area contributed by atoms with E-state index in [-0.39, 0.29) is 17.9 Å². The number of rotatable bonds is 3. The largest absolute Gasteiger partial charge is 0.509 e. The maximum absolute atomic E-state index is 14.0. The summed E-state index contributed by atoms with van der Waals surface area (Å²) in [6, 6.07) is 3.71. The average Bonchev–Trinajstić information content (AvgIpc) is 2.98. The number of fused-ring (bicyclic) bond motifs is 1. The Labute approximate surface area is 143 Å². The normalized spacial score (nSPS) is 23.8. The second kappa shape index (κ2) is 6.11. The quantitative estimate of drug-likeness (QED) is 0.666. The van der Waals surface area contributed by atoms with Crippen LogP contribution < -0.4 is 0 Å². The summed E-state index contributed by atoms with van der Waals surface area (Å²) in [7, 11) is 1.11. The summed E-state index contributed by atoms with van der Waals surface area (Å²) in [5.41, 5.74) is -1.46. The zero-order chi connectivity index (χ0) is 18.4. The van der Waals surface area contributed by atoms with Gasteiger partial charge in [0.15, 0.2) is 17.2 Å². The molecule has 0 aliphatic carbocycles. The molecule has 2 aliphatic rings. The molecule has 0 aromatic heterocycles. The van der Waals surface area contributed by atoms with E-state index in [1.54, 1.807) is 11.9 Å². The molecule has 0 saturated carbocycles. The number of hydrazine groups is 1. The Morgan fingerprint density at radius 1 is 1.40 bits per heavy atom. The predicted molar refractivity (Wildman–Crippen MR) is 82.9 cm³/mol. The number of methoxy groups -OCH3 is 1. The highest BCUT2D eigenvalue weighted by Gasteiger charge is 2.53. The van der Waals surface area contributed by atoms with Crippen molar-refractivity contribution in [1.29, 1.82) is 0 Å². The SMILES string of the molecule is COC(=O)C1=C(O)C2(C)CCCN2N(Cc2cccc(F)c2F)C1=O. The molecule has 1 aromatic carbocycles. The van der Waals surface area contributed by atoms with Crippen LogP contribution in [-0.2, 0) is 20.9 Å². The number of aliphatic hydroxyl groups is 1. The summed E-state index contributed by atoms with van der Waals surface area (Å²) in [5.74, 6) is -4.17. The van der Waals surface area contributed by atoms with Crippen molar-refractivity contribution in [2.45, 2.75) is 31.8 Å². The van der Waals surface area contributed by atoms with Crippen molar-refractivity contribution in [3.63, 3.8) is 0 Å². The first kappa shape index (κ1) is 17.3. The first-order chi connectivity index (χ1) is 11.8. The molecule has 1 atom stereocenters. The number of aliphatic hydroxyl groups excluding tert-OH is 1. The summed E-state index contributed by atoms with van der Waals surface area (Å²) in [4.78, 5) is 24.8. The lowest BCUT2D eigenvalue weighted by atomic mass is 9.91. The van der Waals surface area contributed by atoms with E-state index in [4.69, 9.17) is 0 Å². The van der Waals surface area contributed by atoms with Gasteiger partial charge in [0, 0.05) is 12.1 Å². The highest BCUT2D eigenvalue weighted by Crippen LogP contribution is 2.41. The van der Waals surface area contributed by atoms with Crippen LogP contribution >= 0.6 is 0 Å². The van der Waals surface area contributed by atoms with E-state index in [0.29, 0.717) is 19.4 Å². The van der Waals surface area contributed by atoms with E-state index in [9.17, 15) is 23.5 Å². The number of carbonyl (C=O) groups is 2. The van der Waals surface area contributed by atoms with Gasteiger partial charge in [-0.1, -0.05) is 12.1 Å². The van der Waals surface area contributed by atoms with Gasteiger partial charge >= 0.3 is 5.97 Å². The monoisotopic (exact) mass is 352 g/mol. The number of benzene rings is 1. The minimum absolute atomic E-state index is 0.0202. The average molecular weight is 352 g/mol. The molecule has 0 radical (unpaired) electrons. The van der Waals surface area contributed by atoms with Gasteiger partial charge in [-0.15, -0.1) is 0 Å². The van der Waals surface area contributed by atoms with Crippen LogP contribution in [0.25, 0.3) is 0 Å². The lowest BCUT2D eigenvalue weighted by molar-refractivity contribution is -0.163. The molecule has 1 fully saturated rings.